The van der Waals surface area contributed by atoms with E-state index in [-0.39, 0.29) is 18.1 Å². The Hall–Kier alpha value is -1.69. The van der Waals surface area contributed by atoms with Crippen molar-refractivity contribution < 1.29 is 23.7 Å². The van der Waals surface area contributed by atoms with E-state index in [1.807, 2.05) is 38.1 Å². The smallest absolute Gasteiger partial charge is 0.163 e. The number of allylic oxidation sites excluding steroid dienone is 1. The highest BCUT2D eigenvalue weighted by molar-refractivity contribution is 5.64. The Morgan fingerprint density at radius 3 is 2.72 bits per heavy atom. The number of ether oxygens (including phenoxy) is 4. The van der Waals surface area contributed by atoms with Gasteiger partial charge in [-0.25, -0.2) is 0 Å². The maximum absolute atomic E-state index is 10.6. The Balaban J connectivity index is 1.88. The van der Waals surface area contributed by atoms with Gasteiger partial charge in [0.1, 0.15) is 12.0 Å². The molecule has 0 amide bonds. The molecule has 0 spiro atoms. The molecule has 5 heteroatoms. The fraction of sp³-hybridized carbons (Fsp3) is 0.550. The van der Waals surface area contributed by atoms with Crippen molar-refractivity contribution in [3.8, 4) is 5.75 Å². The molecule has 1 heterocycles. The third-order valence-corrected chi connectivity index (χ3v) is 4.34. The largest absolute Gasteiger partial charge is 0.496 e. The third kappa shape index (κ3) is 5.66. The molecule has 1 aromatic carbocycles. The Morgan fingerprint density at radius 1 is 1.24 bits per heavy atom. The van der Waals surface area contributed by atoms with Crippen molar-refractivity contribution >= 4 is 6.29 Å². The second-order valence-corrected chi connectivity index (χ2v) is 6.67. The summed E-state index contributed by atoms with van der Waals surface area (Å²) in [5, 5.41) is 0. The van der Waals surface area contributed by atoms with Gasteiger partial charge in [0, 0.05) is 18.1 Å². The van der Waals surface area contributed by atoms with Gasteiger partial charge in [0.15, 0.2) is 5.79 Å². The monoisotopic (exact) mass is 348 g/mol. The summed E-state index contributed by atoms with van der Waals surface area (Å²) in [7, 11) is 1.66. The van der Waals surface area contributed by atoms with Gasteiger partial charge in [-0.2, -0.15) is 0 Å². The first-order valence-electron chi connectivity index (χ1n) is 8.64. The molecule has 1 fully saturated rings. The topological polar surface area (TPSA) is 54.0 Å². The summed E-state index contributed by atoms with van der Waals surface area (Å²) in [4.78, 5) is 10.6. The molecule has 0 aromatic heterocycles. The summed E-state index contributed by atoms with van der Waals surface area (Å²) in [6.07, 6.45) is 4.66. The summed E-state index contributed by atoms with van der Waals surface area (Å²) < 4.78 is 23.1. The molecule has 0 aliphatic carbocycles. The molecular formula is C20H28O5. The van der Waals surface area contributed by atoms with E-state index in [4.69, 9.17) is 18.9 Å². The fourth-order valence-corrected chi connectivity index (χ4v) is 3.04. The molecule has 1 saturated heterocycles. The summed E-state index contributed by atoms with van der Waals surface area (Å²) in [5.41, 5.74) is 1.03. The SMILES string of the molecule is COc1ccccc1COCC[C@H]1OC(C)(C)O[C@@H](/C=C/C=O)[C@H]1C. The van der Waals surface area contributed by atoms with Crippen molar-refractivity contribution in [3.05, 3.63) is 42.0 Å². The molecule has 3 atom stereocenters. The molecule has 1 aliphatic heterocycles. The van der Waals surface area contributed by atoms with Crippen LogP contribution in [0.15, 0.2) is 36.4 Å². The normalized spacial score (nSPS) is 25.8. The van der Waals surface area contributed by atoms with E-state index in [1.165, 1.54) is 6.08 Å². The van der Waals surface area contributed by atoms with E-state index in [9.17, 15) is 4.79 Å². The number of hydrogen-bond acceptors (Lipinski definition) is 5. The number of benzene rings is 1. The Bertz CT molecular complexity index is 581. The van der Waals surface area contributed by atoms with E-state index < -0.39 is 5.79 Å². The fourth-order valence-electron chi connectivity index (χ4n) is 3.04. The summed E-state index contributed by atoms with van der Waals surface area (Å²) >= 11 is 0. The third-order valence-electron chi connectivity index (χ3n) is 4.34. The first-order chi connectivity index (χ1) is 12.0. The Labute approximate surface area is 149 Å². The van der Waals surface area contributed by atoms with E-state index in [1.54, 1.807) is 13.2 Å². The zero-order valence-corrected chi connectivity index (χ0v) is 15.4. The Morgan fingerprint density at radius 2 is 2.00 bits per heavy atom. The number of aldehydes is 1. The van der Waals surface area contributed by atoms with Gasteiger partial charge in [-0.1, -0.05) is 31.2 Å². The molecule has 25 heavy (non-hydrogen) atoms. The van der Waals surface area contributed by atoms with Crippen molar-refractivity contribution in [3.63, 3.8) is 0 Å². The number of para-hydroxylation sites is 1. The standard InChI is InChI=1S/C20H28O5/c1-15-17(10-7-12-21)24-20(2,3)25-18(15)11-13-23-14-16-8-5-6-9-19(16)22-4/h5-10,12,15,17-18H,11,13-14H2,1-4H3/b10-7+/t15-,17+,18-/m1/s1. The van der Waals surface area contributed by atoms with E-state index in [0.717, 1.165) is 24.0 Å². The van der Waals surface area contributed by atoms with Crippen LogP contribution in [0.2, 0.25) is 0 Å². The highest BCUT2D eigenvalue weighted by atomic mass is 16.7. The van der Waals surface area contributed by atoms with E-state index in [0.29, 0.717) is 13.2 Å². The van der Waals surface area contributed by atoms with E-state index in [2.05, 4.69) is 6.92 Å². The lowest BCUT2D eigenvalue weighted by Gasteiger charge is -2.44. The van der Waals surface area contributed by atoms with Crippen molar-refractivity contribution in [2.24, 2.45) is 5.92 Å². The minimum absolute atomic E-state index is 0.00252. The van der Waals surface area contributed by atoms with Crippen LogP contribution in [0.4, 0.5) is 0 Å². The summed E-state index contributed by atoms with van der Waals surface area (Å²) in [5.74, 6) is 0.287. The Kier molecular flexibility index (Phi) is 7.17. The molecule has 138 valence electrons. The van der Waals surface area contributed by atoms with Crippen LogP contribution in [0.1, 0.15) is 32.8 Å². The minimum Gasteiger partial charge on any atom is -0.496 e. The van der Waals surface area contributed by atoms with Gasteiger partial charge in [0.2, 0.25) is 0 Å². The van der Waals surface area contributed by atoms with Gasteiger partial charge in [0.05, 0.1) is 25.9 Å². The highest BCUT2D eigenvalue weighted by Crippen LogP contribution is 2.33. The zero-order valence-electron chi connectivity index (χ0n) is 15.4. The molecule has 2 rings (SSSR count). The first kappa shape index (κ1) is 19.6. The van der Waals surface area contributed by atoms with Crippen LogP contribution in [0.25, 0.3) is 0 Å². The second-order valence-electron chi connectivity index (χ2n) is 6.67. The van der Waals surface area contributed by atoms with Gasteiger partial charge in [0.25, 0.3) is 0 Å². The maximum atomic E-state index is 10.6. The number of rotatable bonds is 8. The predicted octanol–water partition coefficient (Wildman–Crippen LogP) is 3.51. The lowest BCUT2D eigenvalue weighted by molar-refractivity contribution is -0.311. The van der Waals surface area contributed by atoms with Crippen LogP contribution < -0.4 is 4.74 Å². The van der Waals surface area contributed by atoms with Gasteiger partial charge < -0.3 is 18.9 Å². The van der Waals surface area contributed by atoms with Crippen LogP contribution in [-0.4, -0.2) is 38.0 Å². The number of methoxy groups -OCH3 is 1. The van der Waals surface area contributed by atoms with Gasteiger partial charge in [-0.05, 0) is 32.4 Å². The average molecular weight is 348 g/mol. The van der Waals surface area contributed by atoms with Crippen LogP contribution in [0.3, 0.4) is 0 Å². The highest BCUT2D eigenvalue weighted by Gasteiger charge is 2.39. The summed E-state index contributed by atoms with van der Waals surface area (Å²) in [6, 6.07) is 7.83. The minimum atomic E-state index is -0.683. The maximum Gasteiger partial charge on any atom is 0.163 e. The lowest BCUT2D eigenvalue weighted by Crippen LogP contribution is -2.49. The van der Waals surface area contributed by atoms with Crippen LogP contribution in [-0.2, 0) is 25.6 Å². The quantitative estimate of drug-likeness (QED) is 0.409. The predicted molar refractivity (Wildman–Crippen MR) is 95.5 cm³/mol. The van der Waals surface area contributed by atoms with Gasteiger partial charge in [-0.15, -0.1) is 0 Å². The van der Waals surface area contributed by atoms with Crippen LogP contribution >= 0.6 is 0 Å². The molecule has 0 saturated carbocycles. The average Bonchev–Trinajstić information content (AvgIpc) is 2.60. The number of hydrogen-bond donors (Lipinski definition) is 0. The molecule has 0 bridgehead atoms. The van der Waals surface area contributed by atoms with Crippen molar-refractivity contribution in [2.45, 2.75) is 51.8 Å². The first-order valence-corrected chi connectivity index (χ1v) is 8.64. The molecule has 0 radical (unpaired) electrons. The van der Waals surface area contributed by atoms with Crippen molar-refractivity contribution in [2.75, 3.05) is 13.7 Å². The molecule has 5 nitrogen and oxygen atoms in total. The second kappa shape index (κ2) is 9.13. The lowest BCUT2D eigenvalue weighted by atomic mass is 9.93. The van der Waals surface area contributed by atoms with Gasteiger partial charge in [-0.3, -0.25) is 4.79 Å². The summed E-state index contributed by atoms with van der Waals surface area (Å²) in [6.45, 7) is 6.93. The molecule has 1 aromatic rings. The molecule has 1 aliphatic rings. The van der Waals surface area contributed by atoms with Crippen molar-refractivity contribution in [1.29, 1.82) is 0 Å². The van der Waals surface area contributed by atoms with Crippen molar-refractivity contribution in [1.82, 2.24) is 0 Å². The van der Waals surface area contributed by atoms with Gasteiger partial charge >= 0.3 is 0 Å². The number of carbonyl (C=O) groups excluding carboxylic acids is 1. The molecule has 0 unspecified atom stereocenters. The molecular weight excluding hydrogens is 320 g/mol. The van der Waals surface area contributed by atoms with E-state index >= 15 is 0 Å². The molecule has 0 N–H and O–H groups in total. The number of carbonyl (C=O) groups is 1. The van der Waals surface area contributed by atoms with Crippen LogP contribution in [0, 0.1) is 5.92 Å². The zero-order chi connectivity index (χ0) is 18.3. The van der Waals surface area contributed by atoms with Crippen LogP contribution in [0.5, 0.6) is 5.75 Å².